The number of piperidine rings is 1. The third-order valence-corrected chi connectivity index (χ3v) is 4.79. The van der Waals surface area contributed by atoms with Crippen molar-refractivity contribution in [3.63, 3.8) is 0 Å². The van der Waals surface area contributed by atoms with Crippen LogP contribution < -0.4 is 4.74 Å². The summed E-state index contributed by atoms with van der Waals surface area (Å²) in [6.45, 7) is 0.340. The molecule has 18 heavy (non-hydrogen) atoms. The molecule has 98 valence electrons. The summed E-state index contributed by atoms with van der Waals surface area (Å²) < 4.78 is 31.1. The van der Waals surface area contributed by atoms with Crippen molar-refractivity contribution in [1.29, 1.82) is 0 Å². The lowest BCUT2D eigenvalue weighted by Gasteiger charge is -2.25. The molecule has 1 fully saturated rings. The van der Waals surface area contributed by atoms with Crippen LogP contribution in [0.15, 0.2) is 29.2 Å². The molecule has 0 aromatic heterocycles. The van der Waals surface area contributed by atoms with Gasteiger partial charge in [0.15, 0.2) is 0 Å². The number of carbonyl (C=O) groups excluding carboxylic acids is 1. The molecule has 1 aliphatic rings. The zero-order valence-corrected chi connectivity index (χ0v) is 10.9. The van der Waals surface area contributed by atoms with Gasteiger partial charge >= 0.3 is 0 Å². The predicted molar refractivity (Wildman–Crippen MR) is 66.0 cm³/mol. The fourth-order valence-electron chi connectivity index (χ4n) is 1.98. The van der Waals surface area contributed by atoms with E-state index in [-0.39, 0.29) is 17.2 Å². The summed E-state index contributed by atoms with van der Waals surface area (Å²) in [5.74, 6) is 0.259. The molecular weight excluding hydrogens is 254 g/mol. The highest BCUT2D eigenvalue weighted by Crippen LogP contribution is 2.27. The fraction of sp³-hybridized carbons (Fsp3) is 0.417. The molecule has 1 saturated heterocycles. The first kappa shape index (κ1) is 13.0. The Morgan fingerprint density at radius 2 is 2.00 bits per heavy atom. The smallest absolute Gasteiger partial charge is 0.247 e. The highest BCUT2D eigenvalue weighted by atomic mass is 32.2. The van der Waals surface area contributed by atoms with E-state index in [1.165, 1.54) is 17.5 Å². The van der Waals surface area contributed by atoms with Gasteiger partial charge in [0.2, 0.25) is 10.0 Å². The molecule has 5 nitrogen and oxygen atoms in total. The molecule has 0 radical (unpaired) electrons. The van der Waals surface area contributed by atoms with E-state index >= 15 is 0 Å². The van der Waals surface area contributed by atoms with Crippen LogP contribution in [-0.4, -0.2) is 38.7 Å². The van der Waals surface area contributed by atoms with Crippen LogP contribution in [0, 0.1) is 0 Å². The number of hydrogen-bond donors (Lipinski definition) is 0. The molecular formula is C12H15NO4S. The molecule has 0 bridgehead atoms. The number of nitrogens with zero attached hydrogens (tertiary/aromatic N) is 1. The summed E-state index contributed by atoms with van der Waals surface area (Å²) in [4.78, 5) is 11.5. The van der Waals surface area contributed by atoms with Crippen molar-refractivity contribution in [1.82, 2.24) is 4.31 Å². The van der Waals surface area contributed by atoms with Crippen LogP contribution in [0.2, 0.25) is 0 Å². The van der Waals surface area contributed by atoms with Crippen molar-refractivity contribution < 1.29 is 17.9 Å². The number of rotatable bonds is 3. The second kappa shape index (κ2) is 5.07. The van der Waals surface area contributed by atoms with Gasteiger partial charge in [-0.25, -0.2) is 8.42 Å². The zero-order valence-electron chi connectivity index (χ0n) is 10.1. The Hall–Kier alpha value is -1.40. The average molecular weight is 269 g/mol. The Morgan fingerprint density at radius 1 is 1.28 bits per heavy atom. The van der Waals surface area contributed by atoms with Gasteiger partial charge in [-0.2, -0.15) is 4.31 Å². The fourth-order valence-corrected chi connectivity index (χ4v) is 3.60. The number of Topliss-reactive ketones (excluding diaryl/α,β-unsaturated/α-hetero) is 1. The molecule has 0 spiro atoms. The summed E-state index contributed by atoms with van der Waals surface area (Å²) in [6, 6.07) is 6.44. The Labute approximate surface area is 106 Å². The molecule has 2 rings (SSSR count). The van der Waals surface area contributed by atoms with Gasteiger partial charge in [-0.3, -0.25) is 4.79 Å². The molecule has 1 aliphatic heterocycles. The summed E-state index contributed by atoms with van der Waals surface area (Å²) in [5.41, 5.74) is 0. The van der Waals surface area contributed by atoms with E-state index in [4.69, 9.17) is 4.74 Å². The number of sulfonamides is 1. The molecule has 0 amide bonds. The number of carbonyl (C=O) groups is 1. The minimum absolute atomic E-state index is 0.0413. The van der Waals surface area contributed by atoms with Gasteiger partial charge in [0.1, 0.15) is 16.4 Å². The SMILES string of the molecule is COc1ccccc1S(=O)(=O)N1CCCC(=O)C1. The maximum Gasteiger partial charge on any atom is 0.247 e. The van der Waals surface area contributed by atoms with Crippen molar-refractivity contribution in [3.8, 4) is 5.75 Å². The zero-order chi connectivity index (χ0) is 13.2. The summed E-state index contributed by atoms with van der Waals surface area (Å²) in [7, 11) is -2.22. The van der Waals surface area contributed by atoms with E-state index in [0.717, 1.165) is 0 Å². The number of para-hydroxylation sites is 1. The van der Waals surface area contributed by atoms with E-state index in [1.54, 1.807) is 18.2 Å². The molecule has 1 heterocycles. The second-order valence-corrected chi connectivity index (χ2v) is 6.04. The van der Waals surface area contributed by atoms with Crippen LogP contribution >= 0.6 is 0 Å². The Bertz CT molecular complexity index is 553. The molecule has 0 atom stereocenters. The lowest BCUT2D eigenvalue weighted by molar-refractivity contribution is -0.120. The Balaban J connectivity index is 2.38. The van der Waals surface area contributed by atoms with Gasteiger partial charge in [0, 0.05) is 13.0 Å². The predicted octanol–water partition coefficient (Wildman–Crippen LogP) is 1.05. The molecule has 0 N–H and O–H groups in total. The molecule has 0 aliphatic carbocycles. The first-order valence-electron chi connectivity index (χ1n) is 5.70. The second-order valence-electron chi connectivity index (χ2n) is 4.13. The quantitative estimate of drug-likeness (QED) is 0.822. The largest absolute Gasteiger partial charge is 0.495 e. The van der Waals surface area contributed by atoms with Gasteiger partial charge in [-0.1, -0.05) is 12.1 Å². The van der Waals surface area contributed by atoms with Crippen LogP contribution in [0.25, 0.3) is 0 Å². The van der Waals surface area contributed by atoms with Crippen molar-refractivity contribution in [3.05, 3.63) is 24.3 Å². The molecule has 0 unspecified atom stereocenters. The van der Waals surface area contributed by atoms with Crippen molar-refractivity contribution in [2.24, 2.45) is 0 Å². The van der Waals surface area contributed by atoms with Crippen LogP contribution in [0.1, 0.15) is 12.8 Å². The van der Waals surface area contributed by atoms with Gasteiger partial charge in [0.05, 0.1) is 13.7 Å². The number of hydrogen-bond acceptors (Lipinski definition) is 4. The first-order valence-corrected chi connectivity index (χ1v) is 7.14. The molecule has 6 heteroatoms. The van der Waals surface area contributed by atoms with E-state index in [1.807, 2.05) is 0 Å². The van der Waals surface area contributed by atoms with Crippen LogP contribution in [0.5, 0.6) is 5.75 Å². The first-order chi connectivity index (χ1) is 8.55. The van der Waals surface area contributed by atoms with Gasteiger partial charge in [-0.05, 0) is 18.6 Å². The minimum Gasteiger partial charge on any atom is -0.495 e. The number of benzene rings is 1. The average Bonchev–Trinajstić information content (AvgIpc) is 2.38. The van der Waals surface area contributed by atoms with E-state index in [0.29, 0.717) is 25.1 Å². The highest BCUT2D eigenvalue weighted by molar-refractivity contribution is 7.89. The summed E-state index contributed by atoms with van der Waals surface area (Å²) in [6.07, 6.45) is 1.03. The van der Waals surface area contributed by atoms with Crippen molar-refractivity contribution in [2.45, 2.75) is 17.7 Å². The van der Waals surface area contributed by atoms with Gasteiger partial charge in [-0.15, -0.1) is 0 Å². The third kappa shape index (κ3) is 2.39. The topological polar surface area (TPSA) is 63.7 Å². The lowest BCUT2D eigenvalue weighted by Crippen LogP contribution is -2.40. The molecule has 1 aromatic rings. The van der Waals surface area contributed by atoms with Gasteiger partial charge in [0.25, 0.3) is 0 Å². The van der Waals surface area contributed by atoms with Crippen molar-refractivity contribution >= 4 is 15.8 Å². The van der Waals surface area contributed by atoms with E-state index < -0.39 is 10.0 Å². The molecule has 0 saturated carbocycles. The monoisotopic (exact) mass is 269 g/mol. The number of methoxy groups -OCH3 is 1. The Kier molecular flexibility index (Phi) is 3.68. The van der Waals surface area contributed by atoms with E-state index in [2.05, 4.69) is 0 Å². The van der Waals surface area contributed by atoms with E-state index in [9.17, 15) is 13.2 Å². The highest BCUT2D eigenvalue weighted by Gasteiger charge is 2.31. The maximum atomic E-state index is 12.4. The standard InChI is InChI=1S/C12H15NO4S/c1-17-11-6-2-3-7-12(11)18(15,16)13-8-4-5-10(14)9-13/h2-3,6-7H,4-5,8-9H2,1H3. The van der Waals surface area contributed by atoms with Gasteiger partial charge < -0.3 is 4.74 Å². The number of ketones is 1. The number of ether oxygens (including phenoxy) is 1. The Morgan fingerprint density at radius 3 is 2.67 bits per heavy atom. The van der Waals surface area contributed by atoms with Crippen LogP contribution in [0.3, 0.4) is 0 Å². The van der Waals surface area contributed by atoms with Crippen molar-refractivity contribution in [2.75, 3.05) is 20.2 Å². The maximum absolute atomic E-state index is 12.4. The minimum atomic E-state index is -3.65. The lowest BCUT2D eigenvalue weighted by atomic mass is 10.1. The normalized spacial score (nSPS) is 17.7. The third-order valence-electron chi connectivity index (χ3n) is 2.90. The van der Waals surface area contributed by atoms with Crippen LogP contribution in [0.4, 0.5) is 0 Å². The molecule has 1 aromatic carbocycles. The summed E-state index contributed by atoms with van der Waals surface area (Å²) in [5, 5.41) is 0. The summed E-state index contributed by atoms with van der Waals surface area (Å²) >= 11 is 0. The van der Waals surface area contributed by atoms with Crippen LogP contribution in [-0.2, 0) is 14.8 Å².